The number of rotatable bonds is 3. The Kier molecular flexibility index (Phi) is 3.29. The van der Waals surface area contributed by atoms with Crippen molar-refractivity contribution in [3.63, 3.8) is 0 Å². The maximum atomic E-state index is 11.6. The molecule has 7 heteroatoms. The molecule has 0 bridgehead atoms. The average molecular weight is 243 g/mol. The van der Waals surface area contributed by atoms with Gasteiger partial charge in [-0.25, -0.2) is 14.8 Å². The van der Waals surface area contributed by atoms with Gasteiger partial charge < -0.3 is 4.74 Å². The lowest BCUT2D eigenvalue weighted by molar-refractivity contribution is 0.0526. The van der Waals surface area contributed by atoms with Gasteiger partial charge in [-0.2, -0.15) is 15.0 Å². The van der Waals surface area contributed by atoms with Crippen molar-refractivity contribution >= 4 is 5.97 Å². The number of aromatic nitrogens is 4. The summed E-state index contributed by atoms with van der Waals surface area (Å²) in [4.78, 5) is 19.5. The first-order chi connectivity index (χ1) is 8.77. The van der Waals surface area contributed by atoms with Crippen molar-refractivity contribution in [1.82, 2.24) is 19.7 Å². The Balaban J connectivity index is 2.47. The Morgan fingerprint density at radius 1 is 1.50 bits per heavy atom. The van der Waals surface area contributed by atoms with E-state index in [0.29, 0.717) is 0 Å². The fourth-order valence-electron chi connectivity index (χ4n) is 1.37. The third-order valence-electron chi connectivity index (χ3n) is 2.11. The van der Waals surface area contributed by atoms with E-state index in [2.05, 4.69) is 15.1 Å². The molecule has 0 unspecified atom stereocenters. The third-order valence-corrected chi connectivity index (χ3v) is 2.11. The molecule has 0 spiro atoms. The zero-order chi connectivity index (χ0) is 13.0. The van der Waals surface area contributed by atoms with E-state index in [4.69, 9.17) is 10.00 Å². The lowest BCUT2D eigenvalue weighted by Gasteiger charge is -2.01. The molecule has 0 aliphatic rings. The van der Waals surface area contributed by atoms with Gasteiger partial charge >= 0.3 is 5.97 Å². The Hall–Kier alpha value is -2.75. The fourth-order valence-corrected chi connectivity index (χ4v) is 1.37. The standard InChI is InChI=1S/C11H9N5O2/c1-2-18-10(17)8-7-15-16(9(8)6-12)11-13-4-3-5-14-11/h3-5,7H,2H2,1H3. The highest BCUT2D eigenvalue weighted by molar-refractivity contribution is 5.91. The van der Waals surface area contributed by atoms with Gasteiger partial charge in [-0.15, -0.1) is 0 Å². The van der Waals surface area contributed by atoms with Crippen molar-refractivity contribution < 1.29 is 9.53 Å². The number of esters is 1. The van der Waals surface area contributed by atoms with Gasteiger partial charge in [0.2, 0.25) is 0 Å². The Bertz CT molecular complexity index is 600. The molecule has 0 N–H and O–H groups in total. The van der Waals surface area contributed by atoms with Crippen LogP contribution < -0.4 is 0 Å². The van der Waals surface area contributed by atoms with Crippen LogP contribution in [0.5, 0.6) is 0 Å². The first-order valence-corrected chi connectivity index (χ1v) is 5.20. The average Bonchev–Trinajstić information content (AvgIpc) is 2.83. The first-order valence-electron chi connectivity index (χ1n) is 5.20. The molecule has 0 saturated heterocycles. The Morgan fingerprint density at radius 2 is 2.22 bits per heavy atom. The second-order valence-corrected chi connectivity index (χ2v) is 3.20. The molecule has 0 aliphatic carbocycles. The molecule has 0 atom stereocenters. The van der Waals surface area contributed by atoms with E-state index in [1.54, 1.807) is 13.0 Å². The molecule has 2 aromatic rings. The predicted molar refractivity (Wildman–Crippen MR) is 59.8 cm³/mol. The second kappa shape index (κ2) is 5.05. The van der Waals surface area contributed by atoms with Crippen LogP contribution in [-0.4, -0.2) is 32.3 Å². The van der Waals surface area contributed by atoms with Crippen LogP contribution in [0.15, 0.2) is 24.7 Å². The molecular formula is C11H9N5O2. The van der Waals surface area contributed by atoms with Gasteiger partial charge in [0.1, 0.15) is 11.6 Å². The SMILES string of the molecule is CCOC(=O)c1cnn(-c2ncccn2)c1C#N. The van der Waals surface area contributed by atoms with Crippen molar-refractivity contribution in [2.75, 3.05) is 6.61 Å². The summed E-state index contributed by atoms with van der Waals surface area (Å²) in [6.45, 7) is 1.92. The molecule has 0 amide bonds. The number of nitriles is 1. The molecule has 7 nitrogen and oxygen atoms in total. The van der Waals surface area contributed by atoms with E-state index in [1.807, 2.05) is 6.07 Å². The van der Waals surface area contributed by atoms with E-state index < -0.39 is 5.97 Å². The molecule has 90 valence electrons. The highest BCUT2D eigenvalue weighted by atomic mass is 16.5. The van der Waals surface area contributed by atoms with Gasteiger partial charge in [-0.3, -0.25) is 0 Å². The number of carbonyl (C=O) groups excluding carboxylic acids is 1. The zero-order valence-corrected chi connectivity index (χ0v) is 9.57. The molecule has 0 aromatic carbocycles. The van der Waals surface area contributed by atoms with Crippen LogP contribution in [0, 0.1) is 11.3 Å². The lowest BCUT2D eigenvalue weighted by atomic mass is 10.2. The predicted octanol–water partition coefficient (Wildman–Crippen LogP) is 0.711. The monoisotopic (exact) mass is 243 g/mol. The first kappa shape index (κ1) is 11.7. The minimum atomic E-state index is -0.587. The van der Waals surface area contributed by atoms with E-state index in [1.165, 1.54) is 23.3 Å². The van der Waals surface area contributed by atoms with Crippen LogP contribution in [0.4, 0.5) is 0 Å². The van der Waals surface area contributed by atoms with Crippen LogP contribution in [0.3, 0.4) is 0 Å². The van der Waals surface area contributed by atoms with E-state index in [-0.39, 0.29) is 23.8 Å². The number of hydrogen-bond donors (Lipinski definition) is 0. The van der Waals surface area contributed by atoms with Gasteiger partial charge in [0.15, 0.2) is 5.69 Å². The van der Waals surface area contributed by atoms with Crippen molar-refractivity contribution in [2.45, 2.75) is 6.92 Å². The minimum absolute atomic E-state index is 0.0552. The summed E-state index contributed by atoms with van der Waals surface area (Å²) in [5.41, 5.74) is 0.159. The van der Waals surface area contributed by atoms with Crippen molar-refractivity contribution in [3.05, 3.63) is 35.9 Å². The Morgan fingerprint density at radius 3 is 2.83 bits per heavy atom. The lowest BCUT2D eigenvalue weighted by Crippen LogP contribution is -2.09. The number of ether oxygens (including phenoxy) is 1. The van der Waals surface area contributed by atoms with E-state index >= 15 is 0 Å². The summed E-state index contributed by atoms with van der Waals surface area (Å²) in [7, 11) is 0. The molecule has 0 saturated carbocycles. The molecule has 0 aliphatic heterocycles. The van der Waals surface area contributed by atoms with Crippen LogP contribution >= 0.6 is 0 Å². The van der Waals surface area contributed by atoms with E-state index in [9.17, 15) is 4.79 Å². The third kappa shape index (κ3) is 2.04. The molecule has 2 rings (SSSR count). The zero-order valence-electron chi connectivity index (χ0n) is 9.57. The molecular weight excluding hydrogens is 234 g/mol. The largest absolute Gasteiger partial charge is 0.462 e. The quantitative estimate of drug-likeness (QED) is 0.737. The fraction of sp³-hybridized carbons (Fsp3) is 0.182. The van der Waals surface area contributed by atoms with Gasteiger partial charge in [-0.1, -0.05) is 0 Å². The topological polar surface area (TPSA) is 93.7 Å². The minimum Gasteiger partial charge on any atom is -0.462 e. The molecule has 2 aromatic heterocycles. The van der Waals surface area contributed by atoms with Crippen LogP contribution in [0.25, 0.3) is 5.95 Å². The van der Waals surface area contributed by atoms with E-state index in [0.717, 1.165) is 0 Å². The van der Waals surface area contributed by atoms with Crippen LogP contribution in [-0.2, 0) is 4.74 Å². The summed E-state index contributed by atoms with van der Waals surface area (Å²) in [6.07, 6.45) is 4.32. The summed E-state index contributed by atoms with van der Waals surface area (Å²) < 4.78 is 6.04. The summed E-state index contributed by atoms with van der Waals surface area (Å²) >= 11 is 0. The van der Waals surface area contributed by atoms with Crippen molar-refractivity contribution in [3.8, 4) is 12.0 Å². The summed E-state index contributed by atoms with van der Waals surface area (Å²) in [5, 5.41) is 13.0. The normalized spacial score (nSPS) is 9.78. The number of nitrogens with zero attached hydrogens (tertiary/aromatic N) is 5. The highest BCUT2D eigenvalue weighted by Gasteiger charge is 2.20. The number of carbonyl (C=O) groups is 1. The Labute approximate surface area is 103 Å². The highest BCUT2D eigenvalue weighted by Crippen LogP contribution is 2.12. The molecule has 0 fully saturated rings. The smallest absolute Gasteiger partial charge is 0.342 e. The second-order valence-electron chi connectivity index (χ2n) is 3.20. The van der Waals surface area contributed by atoms with Crippen molar-refractivity contribution in [2.24, 2.45) is 0 Å². The molecule has 0 radical (unpaired) electrons. The van der Waals surface area contributed by atoms with Gasteiger partial charge in [-0.05, 0) is 13.0 Å². The maximum absolute atomic E-state index is 11.6. The van der Waals surface area contributed by atoms with Gasteiger partial charge in [0, 0.05) is 12.4 Å². The van der Waals surface area contributed by atoms with Gasteiger partial charge in [0.25, 0.3) is 5.95 Å². The van der Waals surface area contributed by atoms with Gasteiger partial charge in [0.05, 0.1) is 12.8 Å². The molecule has 2 heterocycles. The number of hydrogen-bond acceptors (Lipinski definition) is 6. The molecule has 18 heavy (non-hydrogen) atoms. The maximum Gasteiger partial charge on any atom is 0.342 e. The van der Waals surface area contributed by atoms with Crippen LogP contribution in [0.1, 0.15) is 23.0 Å². The summed E-state index contributed by atoms with van der Waals surface area (Å²) in [5.74, 6) is -0.360. The summed E-state index contributed by atoms with van der Waals surface area (Å²) in [6, 6.07) is 3.55. The van der Waals surface area contributed by atoms with Crippen LogP contribution in [0.2, 0.25) is 0 Å². The van der Waals surface area contributed by atoms with Crippen molar-refractivity contribution in [1.29, 1.82) is 5.26 Å².